The van der Waals surface area contributed by atoms with Crippen molar-refractivity contribution in [1.82, 2.24) is 14.9 Å². The number of aromatic nitrogens is 2. The first kappa shape index (κ1) is 16.2. The molecule has 6 nitrogen and oxygen atoms in total. The maximum Gasteiger partial charge on any atom is 0.321 e. The summed E-state index contributed by atoms with van der Waals surface area (Å²) in [4.78, 5) is 22.8. The molecule has 0 radical (unpaired) electrons. The molecule has 2 amide bonds. The van der Waals surface area contributed by atoms with Crippen molar-refractivity contribution in [3.05, 3.63) is 47.8 Å². The molecule has 0 saturated carbocycles. The number of ether oxygens (including phenoxy) is 1. The molecule has 1 aromatic heterocycles. The van der Waals surface area contributed by atoms with Crippen LogP contribution in [0.4, 0.5) is 10.5 Å². The normalized spacial score (nSPS) is 17.4. The van der Waals surface area contributed by atoms with Crippen molar-refractivity contribution in [2.45, 2.75) is 32.8 Å². The summed E-state index contributed by atoms with van der Waals surface area (Å²) in [5, 5.41) is 2.91. The number of amides is 2. The van der Waals surface area contributed by atoms with Gasteiger partial charge in [-0.15, -0.1) is 0 Å². The zero-order valence-corrected chi connectivity index (χ0v) is 14.0. The lowest BCUT2D eigenvalue weighted by Gasteiger charge is -2.32. The minimum atomic E-state index is -0.101. The first-order chi connectivity index (χ1) is 11.6. The van der Waals surface area contributed by atoms with Gasteiger partial charge in [0.15, 0.2) is 0 Å². The number of anilines is 1. The maximum absolute atomic E-state index is 12.4. The molecule has 1 saturated heterocycles. The van der Waals surface area contributed by atoms with Gasteiger partial charge in [0, 0.05) is 23.6 Å². The van der Waals surface area contributed by atoms with Gasteiger partial charge >= 0.3 is 12.0 Å². The first-order valence-corrected chi connectivity index (χ1v) is 8.20. The van der Waals surface area contributed by atoms with Gasteiger partial charge < -0.3 is 15.0 Å². The van der Waals surface area contributed by atoms with Gasteiger partial charge in [-0.3, -0.25) is 0 Å². The van der Waals surface area contributed by atoms with Crippen molar-refractivity contribution >= 4 is 11.7 Å². The molecule has 1 fully saturated rings. The van der Waals surface area contributed by atoms with Gasteiger partial charge in [-0.1, -0.05) is 18.2 Å². The number of aryl methyl sites for hydroxylation is 2. The van der Waals surface area contributed by atoms with Crippen LogP contribution in [0.5, 0.6) is 6.01 Å². The number of rotatable bonds is 3. The molecule has 6 heteroatoms. The Labute approximate surface area is 141 Å². The minimum absolute atomic E-state index is 0.0820. The first-order valence-electron chi connectivity index (χ1n) is 8.20. The predicted molar refractivity (Wildman–Crippen MR) is 92.2 cm³/mol. The highest BCUT2D eigenvalue weighted by molar-refractivity contribution is 5.89. The third-order valence-corrected chi connectivity index (χ3v) is 3.92. The van der Waals surface area contributed by atoms with Crippen molar-refractivity contribution in [2.24, 2.45) is 0 Å². The summed E-state index contributed by atoms with van der Waals surface area (Å²) in [5.41, 5.74) is 2.56. The molecule has 1 atom stereocenters. The van der Waals surface area contributed by atoms with Crippen LogP contribution in [0.2, 0.25) is 0 Å². The van der Waals surface area contributed by atoms with Crippen LogP contribution < -0.4 is 10.1 Å². The molecule has 1 N–H and O–H groups in total. The summed E-state index contributed by atoms with van der Waals surface area (Å²) < 4.78 is 5.90. The molecule has 1 aliphatic heterocycles. The minimum Gasteiger partial charge on any atom is -0.458 e. The number of piperidine rings is 1. The number of carbonyl (C=O) groups is 1. The molecule has 3 rings (SSSR count). The van der Waals surface area contributed by atoms with E-state index in [1.54, 1.807) is 4.90 Å². The molecule has 1 unspecified atom stereocenters. The molecule has 2 aromatic rings. The molecule has 1 aromatic carbocycles. The Bertz CT molecular complexity index is 685. The van der Waals surface area contributed by atoms with Crippen molar-refractivity contribution in [1.29, 1.82) is 0 Å². The molecule has 0 aliphatic carbocycles. The number of nitrogens with zero attached hydrogens (tertiary/aromatic N) is 3. The van der Waals surface area contributed by atoms with Gasteiger partial charge in [-0.2, -0.15) is 0 Å². The highest BCUT2D eigenvalue weighted by atomic mass is 16.5. The third-order valence-electron chi connectivity index (χ3n) is 3.92. The number of likely N-dealkylation sites (tertiary alicyclic amines) is 1. The fourth-order valence-electron chi connectivity index (χ4n) is 2.84. The lowest BCUT2D eigenvalue weighted by atomic mass is 10.1. The second kappa shape index (κ2) is 7.29. The molecular formula is C18H22N4O2. The highest BCUT2D eigenvalue weighted by Gasteiger charge is 2.25. The van der Waals surface area contributed by atoms with Crippen LogP contribution in [0.25, 0.3) is 0 Å². The summed E-state index contributed by atoms with van der Waals surface area (Å²) in [6.07, 6.45) is 1.71. The maximum atomic E-state index is 12.4. The molecule has 1 aliphatic rings. The fraction of sp³-hybridized carbons (Fsp3) is 0.389. The average Bonchev–Trinajstić information content (AvgIpc) is 2.55. The van der Waals surface area contributed by atoms with E-state index in [4.69, 9.17) is 4.74 Å². The van der Waals surface area contributed by atoms with Crippen molar-refractivity contribution in [3.63, 3.8) is 0 Å². The summed E-state index contributed by atoms with van der Waals surface area (Å²) in [5.74, 6) is 0. The SMILES string of the molecule is Cc1cc(C)nc(OC2CCCN(C(=O)Nc3ccccc3)C2)n1. The summed E-state index contributed by atoms with van der Waals surface area (Å²) in [6, 6.07) is 11.7. The molecule has 0 spiro atoms. The average molecular weight is 326 g/mol. The largest absolute Gasteiger partial charge is 0.458 e. The van der Waals surface area contributed by atoms with Gasteiger partial charge in [0.25, 0.3) is 0 Å². The van der Waals surface area contributed by atoms with Crippen LogP contribution in [0.1, 0.15) is 24.2 Å². The van der Waals surface area contributed by atoms with Crippen LogP contribution in [0, 0.1) is 13.8 Å². The van der Waals surface area contributed by atoms with Gasteiger partial charge in [0.2, 0.25) is 0 Å². The number of carbonyl (C=O) groups excluding carboxylic acids is 1. The Morgan fingerprint density at radius 2 is 1.92 bits per heavy atom. The zero-order valence-electron chi connectivity index (χ0n) is 14.0. The van der Waals surface area contributed by atoms with Crippen LogP contribution in [0.3, 0.4) is 0 Å². The number of benzene rings is 1. The molecule has 2 heterocycles. The van der Waals surface area contributed by atoms with Crippen LogP contribution in [0.15, 0.2) is 36.4 Å². The monoisotopic (exact) mass is 326 g/mol. The van der Waals surface area contributed by atoms with Gasteiger partial charge in [-0.05, 0) is 44.9 Å². The summed E-state index contributed by atoms with van der Waals surface area (Å²) in [6.45, 7) is 5.10. The van der Waals surface area contributed by atoms with Crippen LogP contribution >= 0.6 is 0 Å². The Kier molecular flexibility index (Phi) is 4.93. The van der Waals surface area contributed by atoms with Crippen molar-refractivity contribution in [3.8, 4) is 6.01 Å². The zero-order chi connectivity index (χ0) is 16.9. The number of para-hydroxylation sites is 1. The highest BCUT2D eigenvalue weighted by Crippen LogP contribution is 2.17. The number of urea groups is 1. The molecule has 126 valence electrons. The van der Waals surface area contributed by atoms with E-state index in [2.05, 4.69) is 15.3 Å². The number of hydrogen-bond donors (Lipinski definition) is 1. The lowest BCUT2D eigenvalue weighted by Crippen LogP contribution is -2.46. The van der Waals surface area contributed by atoms with E-state index in [-0.39, 0.29) is 12.1 Å². The predicted octanol–water partition coefficient (Wildman–Crippen LogP) is 3.17. The Morgan fingerprint density at radius 1 is 1.21 bits per heavy atom. The lowest BCUT2D eigenvalue weighted by molar-refractivity contribution is 0.0980. The third kappa shape index (κ3) is 4.22. The summed E-state index contributed by atoms with van der Waals surface area (Å²) >= 11 is 0. The fourth-order valence-corrected chi connectivity index (χ4v) is 2.84. The van der Waals surface area contributed by atoms with Gasteiger partial charge in [0.05, 0.1) is 6.54 Å². The van der Waals surface area contributed by atoms with Gasteiger partial charge in [-0.25, -0.2) is 14.8 Å². The van der Waals surface area contributed by atoms with E-state index in [1.165, 1.54) is 0 Å². The van der Waals surface area contributed by atoms with Crippen molar-refractivity contribution in [2.75, 3.05) is 18.4 Å². The topological polar surface area (TPSA) is 67.3 Å². The molecule has 0 bridgehead atoms. The summed E-state index contributed by atoms with van der Waals surface area (Å²) in [7, 11) is 0. The van der Waals surface area contributed by atoms with E-state index in [9.17, 15) is 4.79 Å². The van der Waals surface area contributed by atoms with Crippen LogP contribution in [-0.2, 0) is 0 Å². The number of hydrogen-bond acceptors (Lipinski definition) is 4. The molecule has 24 heavy (non-hydrogen) atoms. The van der Waals surface area contributed by atoms with E-state index >= 15 is 0 Å². The van der Waals surface area contributed by atoms with Crippen molar-refractivity contribution < 1.29 is 9.53 Å². The number of nitrogens with one attached hydrogen (secondary N) is 1. The second-order valence-corrected chi connectivity index (χ2v) is 6.06. The smallest absolute Gasteiger partial charge is 0.321 e. The van der Waals surface area contributed by atoms with E-state index < -0.39 is 0 Å². The Hall–Kier alpha value is -2.63. The van der Waals surface area contributed by atoms with E-state index in [0.29, 0.717) is 12.6 Å². The second-order valence-electron chi connectivity index (χ2n) is 6.06. The standard InChI is InChI=1S/C18H22N4O2/c1-13-11-14(2)20-17(19-13)24-16-9-6-10-22(12-16)18(23)21-15-7-4-3-5-8-15/h3-5,7-8,11,16H,6,9-10,12H2,1-2H3,(H,21,23). The van der Waals surface area contributed by atoms with Crippen LogP contribution in [-0.4, -0.2) is 40.1 Å². The van der Waals surface area contributed by atoms with Gasteiger partial charge in [0.1, 0.15) is 6.10 Å². The quantitative estimate of drug-likeness (QED) is 0.941. The van der Waals surface area contributed by atoms with E-state index in [0.717, 1.165) is 36.5 Å². The Morgan fingerprint density at radius 3 is 2.62 bits per heavy atom. The molecular weight excluding hydrogens is 304 g/mol. The van der Waals surface area contributed by atoms with E-state index in [1.807, 2.05) is 50.2 Å². The Balaban J connectivity index is 1.60.